The minimum absolute atomic E-state index is 0.0516. The number of hydrogen-bond donors (Lipinski definition) is 1. The minimum atomic E-state index is -0.0516. The summed E-state index contributed by atoms with van der Waals surface area (Å²) < 4.78 is 3.30. The lowest BCUT2D eigenvalue weighted by Crippen LogP contribution is -2.26. The van der Waals surface area contributed by atoms with Gasteiger partial charge in [0.25, 0.3) is 5.91 Å². The van der Waals surface area contributed by atoms with Gasteiger partial charge in [0.2, 0.25) is 0 Å². The number of nitrogens with zero attached hydrogens (tertiary/aromatic N) is 2. The largest absolute Gasteiger partial charge is 0.352 e. The highest BCUT2D eigenvalue weighted by molar-refractivity contribution is 9.10. The Balaban J connectivity index is 1.52. The molecule has 1 N–H and O–H groups in total. The lowest BCUT2D eigenvalue weighted by atomic mass is 10.1. The number of fused-ring (bicyclic) bond motifs is 1. The first-order valence-corrected chi connectivity index (χ1v) is 10.4. The lowest BCUT2D eigenvalue weighted by molar-refractivity contribution is 0.0954. The summed E-state index contributed by atoms with van der Waals surface area (Å²) in [7, 11) is 0. The third-order valence-electron chi connectivity index (χ3n) is 4.90. The van der Waals surface area contributed by atoms with E-state index in [-0.39, 0.29) is 5.91 Å². The molecule has 0 unspecified atom stereocenters. The summed E-state index contributed by atoms with van der Waals surface area (Å²) in [5, 5.41) is 3.02. The van der Waals surface area contributed by atoms with Crippen molar-refractivity contribution in [2.75, 3.05) is 6.54 Å². The Kier molecular flexibility index (Phi) is 5.76. The molecule has 0 saturated carbocycles. The molecular weight excluding hydrogens is 426 g/mol. The van der Waals surface area contributed by atoms with E-state index in [1.807, 2.05) is 49.4 Å². The molecule has 0 aliphatic rings. The van der Waals surface area contributed by atoms with Gasteiger partial charge in [-0.05, 0) is 48.9 Å². The van der Waals surface area contributed by atoms with Crippen molar-refractivity contribution >= 4 is 32.9 Å². The molecule has 1 heterocycles. The standard InChI is InChI=1S/C24H22BrN3O/c1-17-5-4-6-19(15-17)24(29)26-14-13-23-27-21-7-2-3-8-22(21)28(23)16-18-9-11-20(25)12-10-18/h2-12,15H,13-14,16H2,1H3,(H,26,29). The van der Waals surface area contributed by atoms with Crippen molar-refractivity contribution in [3.63, 3.8) is 0 Å². The van der Waals surface area contributed by atoms with E-state index in [9.17, 15) is 4.79 Å². The van der Waals surface area contributed by atoms with Crippen molar-refractivity contribution < 1.29 is 4.79 Å². The number of aromatic nitrogens is 2. The number of amides is 1. The Labute approximate surface area is 178 Å². The SMILES string of the molecule is Cc1cccc(C(=O)NCCc2nc3ccccc3n2Cc2ccc(Br)cc2)c1. The average Bonchev–Trinajstić information content (AvgIpc) is 3.07. The Morgan fingerprint density at radius 2 is 1.83 bits per heavy atom. The van der Waals surface area contributed by atoms with Crippen molar-refractivity contribution in [3.8, 4) is 0 Å². The second-order valence-corrected chi connectivity index (χ2v) is 8.02. The van der Waals surface area contributed by atoms with E-state index in [1.165, 1.54) is 5.56 Å². The fourth-order valence-electron chi connectivity index (χ4n) is 3.44. The van der Waals surface area contributed by atoms with Crippen LogP contribution in [0.25, 0.3) is 11.0 Å². The molecule has 146 valence electrons. The number of carbonyl (C=O) groups excluding carboxylic acids is 1. The zero-order valence-electron chi connectivity index (χ0n) is 16.2. The van der Waals surface area contributed by atoms with Crippen molar-refractivity contribution in [1.82, 2.24) is 14.9 Å². The molecule has 0 aliphatic heterocycles. The second kappa shape index (κ2) is 8.62. The van der Waals surface area contributed by atoms with Crippen LogP contribution in [0.1, 0.15) is 27.3 Å². The molecule has 0 radical (unpaired) electrons. The van der Waals surface area contributed by atoms with Crippen LogP contribution in [0.5, 0.6) is 0 Å². The molecule has 1 aromatic heterocycles. The minimum Gasteiger partial charge on any atom is -0.352 e. The van der Waals surface area contributed by atoms with Gasteiger partial charge in [0.1, 0.15) is 5.82 Å². The van der Waals surface area contributed by atoms with Crippen LogP contribution in [0, 0.1) is 6.92 Å². The van der Waals surface area contributed by atoms with E-state index < -0.39 is 0 Å². The zero-order chi connectivity index (χ0) is 20.2. The number of para-hydroxylation sites is 2. The summed E-state index contributed by atoms with van der Waals surface area (Å²) >= 11 is 3.49. The molecule has 4 aromatic rings. The number of benzene rings is 3. The first-order chi connectivity index (χ1) is 14.1. The van der Waals surface area contributed by atoms with Gasteiger partial charge in [0, 0.05) is 29.5 Å². The number of hydrogen-bond acceptors (Lipinski definition) is 2. The highest BCUT2D eigenvalue weighted by Gasteiger charge is 2.12. The van der Waals surface area contributed by atoms with Crippen LogP contribution < -0.4 is 5.32 Å². The number of rotatable bonds is 6. The molecule has 1 amide bonds. The molecule has 5 heteroatoms. The van der Waals surface area contributed by atoms with E-state index >= 15 is 0 Å². The number of halogens is 1. The van der Waals surface area contributed by atoms with Gasteiger partial charge in [-0.25, -0.2) is 4.98 Å². The summed E-state index contributed by atoms with van der Waals surface area (Å²) in [6.45, 7) is 3.27. The number of aryl methyl sites for hydroxylation is 1. The molecule has 4 nitrogen and oxygen atoms in total. The number of carbonyl (C=O) groups is 1. The van der Waals surface area contributed by atoms with Gasteiger partial charge in [-0.1, -0.05) is 57.9 Å². The highest BCUT2D eigenvalue weighted by Crippen LogP contribution is 2.19. The first kappa shape index (κ1) is 19.4. The van der Waals surface area contributed by atoms with Gasteiger partial charge in [-0.3, -0.25) is 4.79 Å². The molecule has 4 rings (SSSR count). The second-order valence-electron chi connectivity index (χ2n) is 7.10. The lowest BCUT2D eigenvalue weighted by Gasteiger charge is -2.11. The van der Waals surface area contributed by atoms with Gasteiger partial charge in [0.05, 0.1) is 11.0 Å². The summed E-state index contributed by atoms with van der Waals surface area (Å²) in [6.07, 6.45) is 0.669. The fraction of sp³-hybridized carbons (Fsp3) is 0.167. The Hall–Kier alpha value is -2.92. The van der Waals surface area contributed by atoms with Gasteiger partial charge in [-0.15, -0.1) is 0 Å². The van der Waals surface area contributed by atoms with Crippen LogP contribution in [-0.2, 0) is 13.0 Å². The molecule has 0 spiro atoms. The predicted molar refractivity (Wildman–Crippen MR) is 120 cm³/mol. The summed E-state index contributed by atoms with van der Waals surface area (Å²) in [5.41, 5.74) is 5.06. The number of imidazole rings is 1. The van der Waals surface area contributed by atoms with E-state index in [4.69, 9.17) is 4.98 Å². The first-order valence-electron chi connectivity index (χ1n) is 9.63. The molecule has 29 heavy (non-hydrogen) atoms. The molecule has 0 saturated heterocycles. The van der Waals surface area contributed by atoms with Crippen LogP contribution in [0.4, 0.5) is 0 Å². The maximum Gasteiger partial charge on any atom is 0.251 e. The average molecular weight is 448 g/mol. The van der Waals surface area contributed by atoms with E-state index in [1.54, 1.807) is 0 Å². The highest BCUT2D eigenvalue weighted by atomic mass is 79.9. The van der Waals surface area contributed by atoms with Crippen LogP contribution in [0.15, 0.2) is 77.3 Å². The molecule has 0 bridgehead atoms. The Morgan fingerprint density at radius 3 is 2.62 bits per heavy atom. The third kappa shape index (κ3) is 4.57. The molecular formula is C24H22BrN3O. The maximum absolute atomic E-state index is 12.4. The zero-order valence-corrected chi connectivity index (χ0v) is 17.8. The van der Waals surface area contributed by atoms with Crippen molar-refractivity contribution in [3.05, 3.63) is 99.8 Å². The quantitative estimate of drug-likeness (QED) is 0.445. The van der Waals surface area contributed by atoms with Gasteiger partial charge in [0.15, 0.2) is 0 Å². The summed E-state index contributed by atoms with van der Waals surface area (Å²) in [5.74, 6) is 0.919. The fourth-order valence-corrected chi connectivity index (χ4v) is 3.71. The molecule has 0 aliphatic carbocycles. The van der Waals surface area contributed by atoms with Crippen LogP contribution in [0.2, 0.25) is 0 Å². The third-order valence-corrected chi connectivity index (χ3v) is 5.43. The topological polar surface area (TPSA) is 46.9 Å². The van der Waals surface area contributed by atoms with Crippen molar-refractivity contribution in [2.45, 2.75) is 19.9 Å². The predicted octanol–water partition coefficient (Wildman–Crippen LogP) is 5.13. The van der Waals surface area contributed by atoms with Gasteiger partial charge < -0.3 is 9.88 Å². The maximum atomic E-state index is 12.4. The molecule has 3 aromatic carbocycles. The van der Waals surface area contributed by atoms with E-state index in [0.29, 0.717) is 18.5 Å². The van der Waals surface area contributed by atoms with Crippen LogP contribution in [0.3, 0.4) is 0 Å². The van der Waals surface area contributed by atoms with Crippen LogP contribution in [-0.4, -0.2) is 22.0 Å². The Morgan fingerprint density at radius 1 is 1.03 bits per heavy atom. The van der Waals surface area contributed by atoms with Crippen molar-refractivity contribution in [2.24, 2.45) is 0 Å². The molecule has 0 fully saturated rings. The van der Waals surface area contributed by atoms with Gasteiger partial charge >= 0.3 is 0 Å². The van der Waals surface area contributed by atoms with Gasteiger partial charge in [-0.2, -0.15) is 0 Å². The van der Waals surface area contributed by atoms with E-state index in [0.717, 1.165) is 33.4 Å². The van der Waals surface area contributed by atoms with Crippen molar-refractivity contribution in [1.29, 1.82) is 0 Å². The Bertz CT molecular complexity index is 1150. The van der Waals surface area contributed by atoms with Crippen LogP contribution >= 0.6 is 15.9 Å². The number of nitrogens with one attached hydrogen (secondary N) is 1. The van der Waals surface area contributed by atoms with E-state index in [2.05, 4.69) is 56.1 Å². The normalized spacial score (nSPS) is 11.0. The smallest absolute Gasteiger partial charge is 0.251 e. The molecule has 0 atom stereocenters. The summed E-state index contributed by atoms with van der Waals surface area (Å²) in [4.78, 5) is 17.2. The monoisotopic (exact) mass is 447 g/mol. The summed E-state index contributed by atoms with van der Waals surface area (Å²) in [6, 6.07) is 24.1.